The van der Waals surface area contributed by atoms with E-state index >= 15 is 0 Å². The summed E-state index contributed by atoms with van der Waals surface area (Å²) in [6, 6.07) is 43.2. The molecule has 0 N–H and O–H groups in total. The SMILES string of the molecule is C[Si](C)(C)c1ccc(-c2[c-]cccc2)nc1.[2H]C(C)(C)c1ccnc(-c2[c-]cc3c(c2)oc2cc(-c4ccccc4)ccc23)c1.[Ir]. The Hall–Kier alpha value is -4.15. The van der Waals surface area contributed by atoms with Crippen LogP contribution in [-0.4, -0.2) is 18.0 Å². The maximum Gasteiger partial charge on any atom is 0.124 e. The number of fused-ring (bicyclic) bond motifs is 3. The van der Waals surface area contributed by atoms with Crippen molar-refractivity contribution < 1.29 is 25.9 Å². The van der Waals surface area contributed by atoms with Gasteiger partial charge in [0, 0.05) is 33.9 Å². The van der Waals surface area contributed by atoms with Crippen LogP contribution in [0.1, 0.15) is 26.7 Å². The van der Waals surface area contributed by atoms with Crippen molar-refractivity contribution in [3.63, 3.8) is 0 Å². The summed E-state index contributed by atoms with van der Waals surface area (Å²) in [5.74, 6) is -0.672. The molecule has 0 atom stereocenters. The first kappa shape index (κ1) is 30.9. The summed E-state index contributed by atoms with van der Waals surface area (Å²) in [7, 11) is -1.23. The van der Waals surface area contributed by atoms with E-state index in [-0.39, 0.29) is 20.1 Å². The van der Waals surface area contributed by atoms with Gasteiger partial charge in [0.05, 0.1) is 13.7 Å². The third kappa shape index (κ3) is 7.40. The van der Waals surface area contributed by atoms with Crippen LogP contribution in [0, 0.1) is 12.1 Å². The average molecular weight is 782 g/mol. The van der Waals surface area contributed by atoms with E-state index in [0.717, 1.165) is 55.6 Å². The van der Waals surface area contributed by atoms with Crippen LogP contribution < -0.4 is 5.19 Å². The summed E-state index contributed by atoms with van der Waals surface area (Å²) in [5.41, 5.74) is 8.63. The third-order valence-corrected chi connectivity index (χ3v) is 9.77. The molecular formula is C40H36IrN2OSi-2. The van der Waals surface area contributed by atoms with Gasteiger partial charge >= 0.3 is 0 Å². The fraction of sp³-hybridized carbons (Fsp3) is 0.150. The molecule has 0 saturated carbocycles. The minimum absolute atomic E-state index is 0. The van der Waals surface area contributed by atoms with Gasteiger partial charge in [0.1, 0.15) is 5.58 Å². The first-order chi connectivity index (χ1) is 21.6. The molecule has 227 valence electrons. The first-order valence-corrected chi connectivity index (χ1v) is 18.4. The maximum atomic E-state index is 8.27. The number of pyridine rings is 2. The normalized spacial score (nSPS) is 11.8. The summed E-state index contributed by atoms with van der Waals surface area (Å²) in [6.45, 7) is 10.8. The van der Waals surface area contributed by atoms with Gasteiger partial charge in [-0.25, -0.2) is 0 Å². The molecule has 7 aromatic rings. The van der Waals surface area contributed by atoms with Gasteiger partial charge in [0.25, 0.3) is 0 Å². The van der Waals surface area contributed by atoms with E-state index in [9.17, 15) is 0 Å². The van der Waals surface area contributed by atoms with Crippen LogP contribution >= 0.6 is 0 Å². The van der Waals surface area contributed by atoms with Crippen LogP contribution in [0.15, 0.2) is 126 Å². The molecule has 0 aliphatic carbocycles. The van der Waals surface area contributed by atoms with Gasteiger partial charge in [-0.3, -0.25) is 0 Å². The van der Waals surface area contributed by atoms with Crippen LogP contribution in [0.4, 0.5) is 0 Å². The number of benzene rings is 4. The summed E-state index contributed by atoms with van der Waals surface area (Å²) < 4.78 is 14.5. The van der Waals surface area contributed by atoms with Crippen molar-refractivity contribution in [2.75, 3.05) is 0 Å². The van der Waals surface area contributed by atoms with Gasteiger partial charge in [0.2, 0.25) is 0 Å². The van der Waals surface area contributed by atoms with Crippen molar-refractivity contribution in [2.24, 2.45) is 0 Å². The Morgan fingerprint density at radius 2 is 1.49 bits per heavy atom. The Bertz CT molecular complexity index is 2060. The second-order valence-electron chi connectivity index (χ2n) is 12.2. The van der Waals surface area contributed by atoms with Crippen LogP contribution in [-0.2, 0) is 20.1 Å². The molecule has 0 unspecified atom stereocenters. The molecule has 0 amide bonds. The molecule has 7 rings (SSSR count). The van der Waals surface area contributed by atoms with E-state index in [2.05, 4.69) is 84.2 Å². The Balaban J connectivity index is 0.000000209. The molecule has 0 bridgehead atoms. The first-order valence-electron chi connectivity index (χ1n) is 15.4. The molecule has 45 heavy (non-hydrogen) atoms. The molecule has 0 aliphatic heterocycles. The maximum absolute atomic E-state index is 8.27. The van der Waals surface area contributed by atoms with Crippen molar-refractivity contribution in [1.82, 2.24) is 9.97 Å². The minimum Gasteiger partial charge on any atom is -0.476 e. The molecular weight excluding hydrogens is 745 g/mol. The number of hydrogen-bond donors (Lipinski definition) is 0. The van der Waals surface area contributed by atoms with E-state index < -0.39 is 14.0 Å². The monoisotopic (exact) mass is 782 g/mol. The molecule has 0 spiro atoms. The average Bonchev–Trinajstić information content (AvgIpc) is 3.42. The summed E-state index contributed by atoms with van der Waals surface area (Å²) in [5, 5.41) is 3.52. The van der Waals surface area contributed by atoms with Crippen LogP contribution in [0.3, 0.4) is 0 Å². The fourth-order valence-electron chi connectivity index (χ4n) is 5.11. The molecule has 5 heteroatoms. The zero-order valence-corrected chi connectivity index (χ0v) is 29.6. The Morgan fingerprint density at radius 3 is 2.18 bits per heavy atom. The van der Waals surface area contributed by atoms with Crippen molar-refractivity contribution in [2.45, 2.75) is 39.4 Å². The topological polar surface area (TPSA) is 38.9 Å². The molecule has 4 aromatic carbocycles. The van der Waals surface area contributed by atoms with Gasteiger partial charge in [0.15, 0.2) is 0 Å². The van der Waals surface area contributed by atoms with Crippen LogP contribution in [0.2, 0.25) is 19.6 Å². The molecule has 3 nitrogen and oxygen atoms in total. The summed E-state index contributed by atoms with van der Waals surface area (Å²) in [6.07, 6.45) is 3.77. The van der Waals surface area contributed by atoms with Gasteiger partial charge in [-0.15, -0.1) is 53.6 Å². The Kier molecular flexibility index (Phi) is 9.51. The van der Waals surface area contributed by atoms with Crippen molar-refractivity contribution in [1.29, 1.82) is 0 Å². The van der Waals surface area contributed by atoms with Crippen molar-refractivity contribution >= 4 is 35.2 Å². The third-order valence-electron chi connectivity index (χ3n) is 7.74. The predicted molar refractivity (Wildman–Crippen MR) is 187 cm³/mol. The number of hydrogen-bond acceptors (Lipinski definition) is 3. The van der Waals surface area contributed by atoms with E-state index in [1.54, 1.807) is 6.20 Å². The van der Waals surface area contributed by atoms with E-state index in [1.165, 1.54) is 10.8 Å². The van der Waals surface area contributed by atoms with Gasteiger partial charge in [-0.1, -0.05) is 111 Å². The van der Waals surface area contributed by atoms with Crippen LogP contribution in [0.25, 0.3) is 55.6 Å². The quantitative estimate of drug-likeness (QED) is 0.129. The zero-order valence-electron chi connectivity index (χ0n) is 27.2. The minimum atomic E-state index is -1.23. The number of nitrogens with zero attached hydrogens (tertiary/aromatic N) is 2. The van der Waals surface area contributed by atoms with Crippen molar-refractivity contribution in [3.8, 4) is 33.6 Å². The molecule has 0 saturated heterocycles. The van der Waals surface area contributed by atoms with Crippen LogP contribution in [0.5, 0.6) is 0 Å². The number of aromatic nitrogens is 2. The smallest absolute Gasteiger partial charge is 0.124 e. The van der Waals surface area contributed by atoms with Gasteiger partial charge in [-0.2, -0.15) is 0 Å². The second kappa shape index (κ2) is 13.9. The van der Waals surface area contributed by atoms with Crippen molar-refractivity contribution in [3.05, 3.63) is 139 Å². The molecule has 0 fully saturated rings. The second-order valence-corrected chi connectivity index (χ2v) is 17.3. The Morgan fingerprint density at radius 1 is 0.711 bits per heavy atom. The molecule has 1 radical (unpaired) electrons. The number of rotatable bonds is 5. The predicted octanol–water partition coefficient (Wildman–Crippen LogP) is 10.3. The Labute approximate surface area is 282 Å². The van der Waals surface area contributed by atoms with E-state index in [0.29, 0.717) is 0 Å². The summed E-state index contributed by atoms with van der Waals surface area (Å²) >= 11 is 0. The summed E-state index contributed by atoms with van der Waals surface area (Å²) in [4.78, 5) is 9.00. The molecule has 3 aromatic heterocycles. The standard InChI is InChI=1S/C26H20NO.C14H16NSi.Ir/c1-17(2)19-12-13-27-24(14-19)21-9-11-23-22-10-8-20(18-6-4-3-5-7-18)15-25(22)28-26(23)16-21;1-16(2,3)13-9-10-14(15-11-13)12-7-5-4-6-8-12;/h3-8,10-17H,1-2H3;4-7,9-11H,1-3H3;/q2*-1;/i17D;;. The van der Waals surface area contributed by atoms with E-state index in [4.69, 9.17) is 5.79 Å². The largest absolute Gasteiger partial charge is 0.476 e. The number of furan rings is 1. The fourth-order valence-corrected chi connectivity index (χ4v) is 6.15. The van der Waals surface area contributed by atoms with E-state index in [1.807, 2.05) is 86.8 Å². The molecule has 0 aliphatic rings. The van der Waals surface area contributed by atoms with Gasteiger partial charge in [-0.05, 0) is 51.1 Å². The zero-order chi connectivity index (χ0) is 31.6. The molecule has 3 heterocycles. The van der Waals surface area contributed by atoms with Gasteiger partial charge < -0.3 is 14.4 Å².